The summed E-state index contributed by atoms with van der Waals surface area (Å²) < 4.78 is 5.36. The number of aromatic nitrogens is 3. The van der Waals surface area contributed by atoms with Crippen molar-refractivity contribution in [1.29, 1.82) is 0 Å². The van der Waals surface area contributed by atoms with Crippen LogP contribution in [-0.2, 0) is 17.8 Å². The zero-order valence-corrected chi connectivity index (χ0v) is 12.7. The lowest BCUT2D eigenvalue weighted by Gasteiger charge is -2.27. The first-order valence-corrected chi connectivity index (χ1v) is 7.21. The average molecular weight is 315 g/mol. The number of methoxy groups -OCH3 is 1. The van der Waals surface area contributed by atoms with E-state index in [1.807, 2.05) is 23.1 Å². The molecule has 120 valence electrons. The molecule has 3 rings (SSSR count). The fraction of sp³-hybridized carbons (Fsp3) is 0.333. The van der Waals surface area contributed by atoms with Crippen molar-refractivity contribution < 1.29 is 14.6 Å². The number of pyridine rings is 1. The van der Waals surface area contributed by atoms with Crippen LogP contribution in [-0.4, -0.2) is 51.1 Å². The van der Waals surface area contributed by atoms with Gasteiger partial charge in [-0.15, -0.1) is 0 Å². The molecule has 0 fully saturated rings. The van der Waals surface area contributed by atoms with E-state index in [9.17, 15) is 4.79 Å². The van der Waals surface area contributed by atoms with Gasteiger partial charge in [-0.05, 0) is 18.6 Å². The van der Waals surface area contributed by atoms with Gasteiger partial charge in [0.25, 0.3) is 0 Å². The highest BCUT2D eigenvalue weighted by Gasteiger charge is 2.24. The van der Waals surface area contributed by atoms with E-state index in [0.717, 1.165) is 11.3 Å². The first-order chi connectivity index (χ1) is 11.2. The van der Waals surface area contributed by atoms with Crippen LogP contribution in [0.2, 0.25) is 0 Å². The smallest absolute Gasteiger partial charge is 0.317 e. The van der Waals surface area contributed by atoms with Crippen LogP contribution in [0.1, 0.15) is 11.3 Å². The van der Waals surface area contributed by atoms with Gasteiger partial charge in [-0.2, -0.15) is 4.98 Å². The number of hydrogen-bond acceptors (Lipinski definition) is 7. The summed E-state index contributed by atoms with van der Waals surface area (Å²) in [5, 5.41) is 12.0. The average Bonchev–Trinajstić information content (AvgIpc) is 2.54. The molecule has 2 aromatic rings. The molecular weight excluding hydrogens is 298 g/mol. The van der Waals surface area contributed by atoms with Crippen LogP contribution >= 0.6 is 0 Å². The van der Waals surface area contributed by atoms with Crippen LogP contribution in [0.5, 0.6) is 5.88 Å². The minimum absolute atomic E-state index is 0.00520. The number of carboxylic acids is 1. The van der Waals surface area contributed by atoms with Crippen LogP contribution in [0, 0.1) is 0 Å². The Kier molecular flexibility index (Phi) is 4.33. The number of ether oxygens (including phenoxy) is 1. The largest absolute Gasteiger partial charge is 0.481 e. The second-order valence-corrected chi connectivity index (χ2v) is 5.18. The van der Waals surface area contributed by atoms with Gasteiger partial charge in [0.15, 0.2) is 0 Å². The fourth-order valence-corrected chi connectivity index (χ4v) is 2.55. The molecule has 0 saturated heterocycles. The third-order valence-electron chi connectivity index (χ3n) is 3.56. The summed E-state index contributed by atoms with van der Waals surface area (Å²) in [4.78, 5) is 25.8. The summed E-state index contributed by atoms with van der Waals surface area (Å²) in [7, 11) is 1.57. The number of hydrogen-bond donors (Lipinski definition) is 2. The highest BCUT2D eigenvalue weighted by molar-refractivity contribution is 5.69. The zero-order chi connectivity index (χ0) is 16.2. The SMILES string of the molecule is COc1nc(Nc2ccccn2)nc2c1CCN(CC(=O)O)C2. The highest BCUT2D eigenvalue weighted by atomic mass is 16.5. The maximum absolute atomic E-state index is 10.9. The summed E-state index contributed by atoms with van der Waals surface area (Å²) in [6, 6.07) is 5.49. The lowest BCUT2D eigenvalue weighted by atomic mass is 10.1. The Balaban J connectivity index is 1.87. The molecule has 2 aromatic heterocycles. The quantitative estimate of drug-likeness (QED) is 0.845. The van der Waals surface area contributed by atoms with Crippen molar-refractivity contribution in [2.75, 3.05) is 25.5 Å². The van der Waals surface area contributed by atoms with Crippen LogP contribution in [0.15, 0.2) is 24.4 Å². The van der Waals surface area contributed by atoms with E-state index in [2.05, 4.69) is 20.3 Å². The van der Waals surface area contributed by atoms with Crippen molar-refractivity contribution in [2.24, 2.45) is 0 Å². The number of rotatable bonds is 5. The molecule has 3 heterocycles. The summed E-state index contributed by atoms with van der Waals surface area (Å²) >= 11 is 0. The van der Waals surface area contributed by atoms with E-state index >= 15 is 0 Å². The molecule has 0 unspecified atom stereocenters. The van der Waals surface area contributed by atoms with Crippen molar-refractivity contribution in [3.05, 3.63) is 35.7 Å². The molecule has 1 aliphatic heterocycles. The van der Waals surface area contributed by atoms with Gasteiger partial charge in [0, 0.05) is 24.8 Å². The Morgan fingerprint density at radius 1 is 1.43 bits per heavy atom. The summed E-state index contributed by atoms with van der Waals surface area (Å²) in [5.41, 5.74) is 1.71. The first-order valence-electron chi connectivity index (χ1n) is 7.21. The van der Waals surface area contributed by atoms with Crippen LogP contribution in [0.25, 0.3) is 0 Å². The third-order valence-corrected chi connectivity index (χ3v) is 3.56. The van der Waals surface area contributed by atoms with Crippen molar-refractivity contribution in [3.8, 4) is 5.88 Å². The monoisotopic (exact) mass is 315 g/mol. The molecule has 0 spiro atoms. The van der Waals surface area contributed by atoms with Crippen molar-refractivity contribution >= 4 is 17.7 Å². The van der Waals surface area contributed by atoms with Gasteiger partial charge in [-0.1, -0.05) is 6.07 Å². The number of anilines is 2. The van der Waals surface area contributed by atoms with Crippen molar-refractivity contribution in [2.45, 2.75) is 13.0 Å². The molecule has 0 aromatic carbocycles. The van der Waals surface area contributed by atoms with E-state index in [1.165, 1.54) is 0 Å². The molecule has 1 aliphatic rings. The molecule has 23 heavy (non-hydrogen) atoms. The van der Waals surface area contributed by atoms with Gasteiger partial charge in [-0.3, -0.25) is 9.69 Å². The Hall–Kier alpha value is -2.74. The maximum atomic E-state index is 10.9. The summed E-state index contributed by atoms with van der Waals surface area (Å²) in [6.45, 7) is 1.10. The second-order valence-electron chi connectivity index (χ2n) is 5.18. The van der Waals surface area contributed by atoms with Crippen LogP contribution in [0.4, 0.5) is 11.8 Å². The van der Waals surface area contributed by atoms with E-state index in [4.69, 9.17) is 9.84 Å². The Labute approximate surface area is 133 Å². The van der Waals surface area contributed by atoms with Gasteiger partial charge < -0.3 is 15.2 Å². The molecule has 0 saturated carbocycles. The van der Waals surface area contributed by atoms with E-state index in [1.54, 1.807) is 13.3 Å². The van der Waals surface area contributed by atoms with Crippen LogP contribution < -0.4 is 10.1 Å². The van der Waals surface area contributed by atoms with E-state index < -0.39 is 5.97 Å². The Morgan fingerprint density at radius 2 is 2.30 bits per heavy atom. The van der Waals surface area contributed by atoms with Gasteiger partial charge in [0.05, 0.1) is 19.3 Å². The third kappa shape index (κ3) is 3.54. The predicted octanol–water partition coefficient (Wildman–Crippen LogP) is 1.07. The standard InChI is InChI=1S/C15H17N5O3/c1-23-14-10-5-7-20(9-13(21)22)8-11(10)17-15(19-14)18-12-4-2-3-6-16-12/h2-4,6H,5,7-9H2,1H3,(H,21,22)(H,16,17,18,19). The normalized spacial score (nSPS) is 14.1. The molecule has 0 amide bonds. The minimum atomic E-state index is -0.846. The minimum Gasteiger partial charge on any atom is -0.481 e. The topological polar surface area (TPSA) is 100 Å². The molecule has 8 nitrogen and oxygen atoms in total. The molecule has 0 bridgehead atoms. The zero-order valence-electron chi connectivity index (χ0n) is 12.7. The number of fused-ring (bicyclic) bond motifs is 1. The number of nitrogens with zero attached hydrogens (tertiary/aromatic N) is 4. The number of carboxylic acid groups (broad SMARTS) is 1. The molecule has 0 atom stereocenters. The van der Waals surface area contributed by atoms with Crippen molar-refractivity contribution in [3.63, 3.8) is 0 Å². The maximum Gasteiger partial charge on any atom is 0.317 e. The van der Waals surface area contributed by atoms with Gasteiger partial charge >= 0.3 is 5.97 Å². The molecular formula is C15H17N5O3. The van der Waals surface area contributed by atoms with E-state index in [-0.39, 0.29) is 6.54 Å². The Morgan fingerprint density at radius 3 is 3.00 bits per heavy atom. The molecule has 0 radical (unpaired) electrons. The number of aliphatic carboxylic acids is 1. The lowest BCUT2D eigenvalue weighted by Crippen LogP contribution is -2.35. The lowest BCUT2D eigenvalue weighted by molar-refractivity contribution is -0.138. The van der Waals surface area contributed by atoms with Gasteiger partial charge in [0.1, 0.15) is 5.82 Å². The number of carbonyl (C=O) groups is 1. The van der Waals surface area contributed by atoms with Gasteiger partial charge in [0.2, 0.25) is 11.8 Å². The highest BCUT2D eigenvalue weighted by Crippen LogP contribution is 2.27. The number of nitrogens with one attached hydrogen (secondary N) is 1. The fourth-order valence-electron chi connectivity index (χ4n) is 2.55. The summed E-state index contributed by atoms with van der Waals surface area (Å²) in [6.07, 6.45) is 2.34. The second kappa shape index (κ2) is 6.57. The van der Waals surface area contributed by atoms with Crippen molar-refractivity contribution in [1.82, 2.24) is 19.9 Å². The Bertz CT molecular complexity index is 708. The van der Waals surface area contributed by atoms with E-state index in [0.29, 0.717) is 37.2 Å². The van der Waals surface area contributed by atoms with Crippen LogP contribution in [0.3, 0.4) is 0 Å². The van der Waals surface area contributed by atoms with Gasteiger partial charge in [-0.25, -0.2) is 9.97 Å². The molecule has 8 heteroatoms. The summed E-state index contributed by atoms with van der Waals surface area (Å²) in [5.74, 6) is 0.689. The molecule has 0 aliphatic carbocycles. The first kappa shape index (κ1) is 15.2. The predicted molar refractivity (Wildman–Crippen MR) is 82.7 cm³/mol. The molecule has 2 N–H and O–H groups in total.